The number of para-hydroxylation sites is 1. The third-order valence-corrected chi connectivity index (χ3v) is 4.04. The molecule has 0 radical (unpaired) electrons. The Hall–Kier alpha value is -2.86. The van der Waals surface area contributed by atoms with Crippen molar-refractivity contribution in [3.63, 3.8) is 0 Å². The number of nitrogens with zero attached hydrogens (tertiary/aromatic N) is 1. The van der Waals surface area contributed by atoms with E-state index in [2.05, 4.69) is 24.5 Å². The van der Waals surface area contributed by atoms with Gasteiger partial charge in [-0.3, -0.25) is 14.5 Å². The smallest absolute Gasteiger partial charge is 0.238 e. The van der Waals surface area contributed by atoms with Gasteiger partial charge in [0.25, 0.3) is 0 Å². The van der Waals surface area contributed by atoms with Gasteiger partial charge in [-0.1, -0.05) is 38.1 Å². The molecule has 0 unspecified atom stereocenters. The molecule has 6 heteroatoms. The number of carbonyl (C=O) groups excluding carboxylic acids is 2. The van der Waals surface area contributed by atoms with Gasteiger partial charge in [0.2, 0.25) is 11.8 Å². The molecule has 0 fully saturated rings. The van der Waals surface area contributed by atoms with Crippen LogP contribution in [0, 0.1) is 0 Å². The van der Waals surface area contributed by atoms with Crippen molar-refractivity contribution in [1.29, 1.82) is 0 Å². The molecular formula is C21H27N3O3. The SMILES string of the molecule is COc1cccc(NC(=O)CN(C)CC(=O)Nc2ccccc2C(C)C)c1. The molecule has 2 rings (SSSR count). The largest absolute Gasteiger partial charge is 0.497 e. The topological polar surface area (TPSA) is 70.7 Å². The van der Waals surface area contributed by atoms with Crippen LogP contribution in [0.4, 0.5) is 11.4 Å². The molecule has 2 amide bonds. The molecule has 2 aromatic rings. The fourth-order valence-electron chi connectivity index (χ4n) is 2.75. The van der Waals surface area contributed by atoms with Gasteiger partial charge in [0.15, 0.2) is 0 Å². The molecule has 144 valence electrons. The maximum Gasteiger partial charge on any atom is 0.238 e. The van der Waals surface area contributed by atoms with Gasteiger partial charge in [-0.25, -0.2) is 0 Å². The Labute approximate surface area is 160 Å². The Morgan fingerprint density at radius 2 is 1.67 bits per heavy atom. The summed E-state index contributed by atoms with van der Waals surface area (Å²) in [6.45, 7) is 4.40. The van der Waals surface area contributed by atoms with E-state index >= 15 is 0 Å². The van der Waals surface area contributed by atoms with Crippen LogP contribution in [0.25, 0.3) is 0 Å². The minimum Gasteiger partial charge on any atom is -0.497 e. The molecule has 6 nitrogen and oxygen atoms in total. The molecule has 0 aromatic heterocycles. The highest BCUT2D eigenvalue weighted by Crippen LogP contribution is 2.23. The van der Waals surface area contributed by atoms with Crippen molar-refractivity contribution >= 4 is 23.2 Å². The molecule has 0 atom stereocenters. The summed E-state index contributed by atoms with van der Waals surface area (Å²) in [7, 11) is 3.31. The molecule has 0 aliphatic rings. The number of hydrogen-bond donors (Lipinski definition) is 2. The fraction of sp³-hybridized carbons (Fsp3) is 0.333. The average molecular weight is 369 g/mol. The predicted molar refractivity (Wildman–Crippen MR) is 108 cm³/mol. The van der Waals surface area contributed by atoms with Gasteiger partial charge in [-0.15, -0.1) is 0 Å². The molecule has 0 saturated carbocycles. The summed E-state index contributed by atoms with van der Waals surface area (Å²) < 4.78 is 5.14. The fourth-order valence-corrected chi connectivity index (χ4v) is 2.75. The van der Waals surface area contributed by atoms with E-state index in [0.29, 0.717) is 17.4 Å². The van der Waals surface area contributed by atoms with Crippen LogP contribution in [0.5, 0.6) is 5.75 Å². The number of rotatable bonds is 8. The van der Waals surface area contributed by atoms with Gasteiger partial charge >= 0.3 is 0 Å². The number of carbonyl (C=O) groups is 2. The van der Waals surface area contributed by atoms with Crippen LogP contribution in [0.3, 0.4) is 0 Å². The van der Waals surface area contributed by atoms with E-state index in [9.17, 15) is 9.59 Å². The van der Waals surface area contributed by atoms with E-state index in [1.54, 1.807) is 43.3 Å². The van der Waals surface area contributed by atoms with E-state index < -0.39 is 0 Å². The second-order valence-corrected chi connectivity index (χ2v) is 6.74. The van der Waals surface area contributed by atoms with Gasteiger partial charge in [-0.2, -0.15) is 0 Å². The van der Waals surface area contributed by atoms with Gasteiger partial charge in [0.1, 0.15) is 5.75 Å². The molecule has 0 aliphatic heterocycles. The van der Waals surface area contributed by atoms with Gasteiger partial charge in [-0.05, 0) is 36.7 Å². The molecule has 2 N–H and O–H groups in total. The lowest BCUT2D eigenvalue weighted by molar-refractivity contribution is -0.119. The van der Waals surface area contributed by atoms with E-state index in [-0.39, 0.29) is 24.9 Å². The van der Waals surface area contributed by atoms with Crippen molar-refractivity contribution in [2.24, 2.45) is 0 Å². The summed E-state index contributed by atoms with van der Waals surface area (Å²) in [4.78, 5) is 26.2. The number of benzene rings is 2. The zero-order valence-corrected chi connectivity index (χ0v) is 16.3. The number of anilines is 2. The number of amides is 2. The normalized spacial score (nSPS) is 10.7. The molecule has 27 heavy (non-hydrogen) atoms. The molecule has 0 saturated heterocycles. The summed E-state index contributed by atoms with van der Waals surface area (Å²) >= 11 is 0. The van der Waals surface area contributed by atoms with Crippen molar-refractivity contribution in [2.75, 3.05) is 37.9 Å². The van der Waals surface area contributed by atoms with Gasteiger partial charge < -0.3 is 15.4 Å². The van der Waals surface area contributed by atoms with E-state index in [1.165, 1.54) is 0 Å². The molecular weight excluding hydrogens is 342 g/mol. The van der Waals surface area contributed by atoms with Crippen molar-refractivity contribution in [3.05, 3.63) is 54.1 Å². The highest BCUT2D eigenvalue weighted by molar-refractivity contribution is 5.95. The summed E-state index contributed by atoms with van der Waals surface area (Å²) in [5.74, 6) is 0.637. The number of hydrogen-bond acceptors (Lipinski definition) is 4. The molecule has 0 heterocycles. The van der Waals surface area contributed by atoms with Gasteiger partial charge in [0, 0.05) is 17.4 Å². The van der Waals surface area contributed by atoms with E-state index in [4.69, 9.17) is 4.74 Å². The first-order valence-electron chi connectivity index (χ1n) is 8.90. The highest BCUT2D eigenvalue weighted by atomic mass is 16.5. The first-order valence-corrected chi connectivity index (χ1v) is 8.90. The monoisotopic (exact) mass is 369 g/mol. The van der Waals surface area contributed by atoms with Crippen LogP contribution >= 0.6 is 0 Å². The Kier molecular flexibility index (Phi) is 7.37. The first-order chi connectivity index (χ1) is 12.9. The standard InChI is InChI=1S/C21H27N3O3/c1-15(2)18-10-5-6-11-19(18)23-21(26)14-24(3)13-20(25)22-16-8-7-9-17(12-16)27-4/h5-12,15H,13-14H2,1-4H3,(H,22,25)(H,23,26). The van der Waals surface area contributed by atoms with Crippen LogP contribution in [-0.4, -0.2) is 44.0 Å². The second kappa shape index (κ2) is 9.73. The third-order valence-electron chi connectivity index (χ3n) is 4.04. The maximum atomic E-state index is 12.3. The van der Waals surface area contributed by atoms with E-state index in [0.717, 1.165) is 11.3 Å². The molecule has 0 aliphatic carbocycles. The number of ether oxygens (including phenoxy) is 1. The minimum absolute atomic E-state index is 0.108. The number of methoxy groups -OCH3 is 1. The summed E-state index contributed by atoms with van der Waals surface area (Å²) in [6.07, 6.45) is 0. The Morgan fingerprint density at radius 1 is 1.00 bits per heavy atom. The lowest BCUT2D eigenvalue weighted by atomic mass is 10.0. The van der Waals surface area contributed by atoms with Crippen LogP contribution in [-0.2, 0) is 9.59 Å². The maximum absolute atomic E-state index is 12.3. The van der Waals surface area contributed by atoms with Crippen LogP contribution in [0.2, 0.25) is 0 Å². The third kappa shape index (κ3) is 6.42. The summed E-state index contributed by atoms with van der Waals surface area (Å²) in [5, 5.41) is 5.73. The molecule has 2 aromatic carbocycles. The van der Waals surface area contributed by atoms with Crippen molar-refractivity contribution < 1.29 is 14.3 Å². The Balaban J connectivity index is 1.86. The van der Waals surface area contributed by atoms with Crippen molar-refractivity contribution in [1.82, 2.24) is 4.90 Å². The number of nitrogens with one attached hydrogen (secondary N) is 2. The predicted octanol–water partition coefficient (Wildman–Crippen LogP) is 3.33. The highest BCUT2D eigenvalue weighted by Gasteiger charge is 2.13. The van der Waals surface area contributed by atoms with Crippen LogP contribution in [0.1, 0.15) is 25.3 Å². The van der Waals surface area contributed by atoms with Crippen molar-refractivity contribution in [3.8, 4) is 5.75 Å². The van der Waals surface area contributed by atoms with E-state index in [1.807, 2.05) is 24.3 Å². The lowest BCUT2D eigenvalue weighted by Gasteiger charge is -2.18. The van der Waals surface area contributed by atoms with Crippen LogP contribution < -0.4 is 15.4 Å². The summed E-state index contributed by atoms with van der Waals surface area (Å²) in [6, 6.07) is 14.9. The minimum atomic E-state index is -0.193. The zero-order valence-electron chi connectivity index (χ0n) is 16.3. The molecule has 0 bridgehead atoms. The Bertz CT molecular complexity index is 790. The zero-order chi connectivity index (χ0) is 19.8. The quantitative estimate of drug-likeness (QED) is 0.749. The number of likely N-dealkylation sites (N-methyl/N-ethyl adjacent to an activating group) is 1. The second-order valence-electron chi connectivity index (χ2n) is 6.74. The lowest BCUT2D eigenvalue weighted by Crippen LogP contribution is -2.36. The van der Waals surface area contributed by atoms with Crippen LogP contribution in [0.15, 0.2) is 48.5 Å². The first kappa shape index (κ1) is 20.5. The van der Waals surface area contributed by atoms with Gasteiger partial charge in [0.05, 0.1) is 20.2 Å². The van der Waals surface area contributed by atoms with Crippen molar-refractivity contribution in [2.45, 2.75) is 19.8 Å². The average Bonchev–Trinajstić information content (AvgIpc) is 2.61. The molecule has 0 spiro atoms. The summed E-state index contributed by atoms with van der Waals surface area (Å²) in [5.41, 5.74) is 2.55. The Morgan fingerprint density at radius 3 is 2.33 bits per heavy atom.